The second kappa shape index (κ2) is 6.43. The van der Waals surface area contributed by atoms with Crippen molar-refractivity contribution in [2.45, 2.75) is 33.2 Å². The van der Waals surface area contributed by atoms with Gasteiger partial charge < -0.3 is 4.90 Å². The highest BCUT2D eigenvalue weighted by atomic mass is 16.2. The molecule has 0 aromatic carbocycles. The van der Waals surface area contributed by atoms with E-state index in [9.17, 15) is 4.79 Å². The second-order valence-corrected chi connectivity index (χ2v) is 6.10. The molecule has 5 nitrogen and oxygen atoms in total. The van der Waals surface area contributed by atoms with Crippen LogP contribution in [0.3, 0.4) is 0 Å². The zero-order valence-electron chi connectivity index (χ0n) is 14.5. The zero-order valence-corrected chi connectivity index (χ0v) is 14.5. The highest BCUT2D eigenvalue weighted by Crippen LogP contribution is 2.25. The lowest BCUT2D eigenvalue weighted by molar-refractivity contribution is 0.0718. The number of carbonyl (C=O) groups is 1. The van der Waals surface area contributed by atoms with Gasteiger partial charge in [-0.3, -0.25) is 14.2 Å². The molecule has 1 atom stereocenters. The van der Waals surface area contributed by atoms with E-state index >= 15 is 0 Å². The highest BCUT2D eigenvalue weighted by Gasteiger charge is 2.25. The quantitative estimate of drug-likeness (QED) is 0.738. The maximum Gasteiger partial charge on any atom is 0.273 e. The molecule has 0 N–H and O–H groups in total. The van der Waals surface area contributed by atoms with Crippen molar-refractivity contribution >= 4 is 11.6 Å². The summed E-state index contributed by atoms with van der Waals surface area (Å²) in [6.07, 6.45) is 6.30. The fourth-order valence-corrected chi connectivity index (χ4v) is 3.14. The van der Waals surface area contributed by atoms with Crippen molar-refractivity contribution in [1.82, 2.24) is 19.3 Å². The molecule has 0 unspecified atom stereocenters. The number of nitrogens with zero attached hydrogens (tertiary/aromatic N) is 4. The first-order chi connectivity index (χ1) is 11.5. The van der Waals surface area contributed by atoms with E-state index in [1.807, 2.05) is 62.0 Å². The van der Waals surface area contributed by atoms with Crippen LogP contribution in [0, 0.1) is 13.8 Å². The lowest BCUT2D eigenvalue weighted by Gasteiger charge is -2.27. The number of hydrogen-bond donors (Lipinski definition) is 0. The number of imidazole rings is 1. The van der Waals surface area contributed by atoms with Gasteiger partial charge in [0.25, 0.3) is 5.91 Å². The van der Waals surface area contributed by atoms with Crippen LogP contribution >= 0.6 is 0 Å². The monoisotopic (exact) mass is 322 g/mol. The van der Waals surface area contributed by atoms with Crippen molar-refractivity contribution in [3.05, 3.63) is 65.4 Å². The summed E-state index contributed by atoms with van der Waals surface area (Å²) in [5.41, 5.74) is 4.34. The third kappa shape index (κ3) is 2.77. The summed E-state index contributed by atoms with van der Waals surface area (Å²) >= 11 is 0. The number of pyridine rings is 2. The van der Waals surface area contributed by atoms with Crippen LogP contribution in [0.5, 0.6) is 0 Å². The van der Waals surface area contributed by atoms with Crippen LogP contribution in [0.4, 0.5) is 0 Å². The minimum absolute atomic E-state index is 0.0124. The molecule has 0 bridgehead atoms. The zero-order chi connectivity index (χ0) is 17.3. The van der Waals surface area contributed by atoms with Gasteiger partial charge in [-0.05, 0) is 49.6 Å². The molecule has 3 rings (SSSR count). The largest absolute Gasteiger partial charge is 0.333 e. The van der Waals surface area contributed by atoms with Crippen LogP contribution < -0.4 is 0 Å². The van der Waals surface area contributed by atoms with Crippen molar-refractivity contribution in [1.29, 1.82) is 0 Å². The Morgan fingerprint density at radius 2 is 2.12 bits per heavy atom. The number of amides is 1. The van der Waals surface area contributed by atoms with Crippen molar-refractivity contribution in [3.63, 3.8) is 0 Å². The maximum absolute atomic E-state index is 13.1. The topological polar surface area (TPSA) is 50.5 Å². The number of fused-ring (bicyclic) bond motifs is 1. The first-order valence-corrected chi connectivity index (χ1v) is 8.15. The average molecular weight is 322 g/mol. The van der Waals surface area contributed by atoms with Gasteiger partial charge in [-0.2, -0.15) is 0 Å². The molecule has 0 saturated heterocycles. The van der Waals surface area contributed by atoms with Gasteiger partial charge >= 0.3 is 0 Å². The highest BCUT2D eigenvalue weighted by molar-refractivity contribution is 5.94. The summed E-state index contributed by atoms with van der Waals surface area (Å²) < 4.78 is 1.87. The first kappa shape index (κ1) is 16.2. The molecule has 124 valence electrons. The van der Waals surface area contributed by atoms with E-state index in [2.05, 4.69) is 16.9 Å². The molecule has 3 aromatic rings. The van der Waals surface area contributed by atoms with Crippen LogP contribution in [-0.4, -0.2) is 32.2 Å². The summed E-state index contributed by atoms with van der Waals surface area (Å²) in [4.78, 5) is 23.6. The lowest BCUT2D eigenvalue weighted by atomic mass is 10.0. The van der Waals surface area contributed by atoms with E-state index in [1.54, 1.807) is 11.1 Å². The van der Waals surface area contributed by atoms with E-state index in [-0.39, 0.29) is 11.9 Å². The summed E-state index contributed by atoms with van der Waals surface area (Å²) in [5, 5.41) is 0. The predicted octanol–water partition coefficient (Wildman–Crippen LogP) is 3.57. The predicted molar refractivity (Wildman–Crippen MR) is 94.0 cm³/mol. The Hall–Kier alpha value is -2.69. The molecular formula is C19H22N4O. The van der Waals surface area contributed by atoms with Gasteiger partial charge in [0.15, 0.2) is 0 Å². The minimum Gasteiger partial charge on any atom is -0.333 e. The number of hydrogen-bond acceptors (Lipinski definition) is 3. The Balaban J connectivity index is 2.00. The van der Waals surface area contributed by atoms with Gasteiger partial charge in [0.1, 0.15) is 11.3 Å². The van der Waals surface area contributed by atoms with Crippen LogP contribution in [0.15, 0.2) is 42.9 Å². The number of rotatable bonds is 4. The third-order valence-corrected chi connectivity index (χ3v) is 4.40. The smallest absolute Gasteiger partial charge is 0.273 e. The molecular weight excluding hydrogens is 300 g/mol. The van der Waals surface area contributed by atoms with E-state index in [0.29, 0.717) is 5.69 Å². The molecule has 0 radical (unpaired) electrons. The minimum atomic E-state index is -0.0282. The van der Waals surface area contributed by atoms with Gasteiger partial charge in [-0.25, -0.2) is 4.98 Å². The standard InChI is InChI=1S/C19H22N4O/c1-5-16(15-7-6-9-20-12-15)22(4)19(24)18-14(3)21-17-11-13(2)8-10-23(17)18/h6-12,16H,5H2,1-4H3/t16-/m1/s1. The molecule has 0 spiro atoms. The average Bonchev–Trinajstić information content (AvgIpc) is 2.90. The summed E-state index contributed by atoms with van der Waals surface area (Å²) in [6, 6.07) is 7.88. The molecule has 3 heterocycles. The third-order valence-electron chi connectivity index (χ3n) is 4.40. The second-order valence-electron chi connectivity index (χ2n) is 6.10. The number of aryl methyl sites for hydroxylation is 2. The van der Waals surface area contributed by atoms with Gasteiger partial charge in [-0.1, -0.05) is 13.0 Å². The van der Waals surface area contributed by atoms with Gasteiger partial charge in [0, 0.05) is 25.6 Å². The fourth-order valence-electron chi connectivity index (χ4n) is 3.14. The van der Waals surface area contributed by atoms with E-state index in [4.69, 9.17) is 0 Å². The van der Waals surface area contributed by atoms with Crippen LogP contribution in [-0.2, 0) is 0 Å². The van der Waals surface area contributed by atoms with Crippen molar-refractivity contribution in [2.75, 3.05) is 7.05 Å². The Morgan fingerprint density at radius 3 is 2.79 bits per heavy atom. The van der Waals surface area contributed by atoms with Crippen molar-refractivity contribution in [2.24, 2.45) is 0 Å². The molecule has 0 aliphatic carbocycles. The Labute approximate surface area is 142 Å². The molecule has 5 heteroatoms. The van der Waals surface area contributed by atoms with Crippen LogP contribution in [0.25, 0.3) is 5.65 Å². The molecule has 0 aliphatic rings. The Morgan fingerprint density at radius 1 is 1.33 bits per heavy atom. The van der Waals surface area contributed by atoms with Crippen molar-refractivity contribution < 1.29 is 4.79 Å². The fraction of sp³-hybridized carbons (Fsp3) is 0.316. The van der Waals surface area contributed by atoms with E-state index < -0.39 is 0 Å². The van der Waals surface area contributed by atoms with E-state index in [1.165, 1.54) is 0 Å². The van der Waals surface area contributed by atoms with Crippen LogP contribution in [0.1, 0.15) is 46.7 Å². The van der Waals surface area contributed by atoms with Crippen LogP contribution in [0.2, 0.25) is 0 Å². The molecule has 1 amide bonds. The number of carbonyl (C=O) groups excluding carboxylic acids is 1. The molecule has 3 aromatic heterocycles. The molecule has 0 aliphatic heterocycles. The first-order valence-electron chi connectivity index (χ1n) is 8.15. The SMILES string of the molecule is CC[C@H](c1cccnc1)N(C)C(=O)c1c(C)nc2cc(C)ccn12. The van der Waals surface area contributed by atoms with E-state index in [0.717, 1.165) is 28.9 Å². The molecule has 24 heavy (non-hydrogen) atoms. The molecule has 0 fully saturated rings. The summed E-state index contributed by atoms with van der Waals surface area (Å²) in [5.74, 6) is -0.0282. The Bertz CT molecular complexity index is 870. The Kier molecular flexibility index (Phi) is 4.34. The summed E-state index contributed by atoms with van der Waals surface area (Å²) in [6.45, 7) is 5.98. The molecule has 0 saturated carbocycles. The van der Waals surface area contributed by atoms with Gasteiger partial charge in [0.05, 0.1) is 11.7 Å². The van der Waals surface area contributed by atoms with Gasteiger partial charge in [0.2, 0.25) is 0 Å². The summed E-state index contributed by atoms with van der Waals surface area (Å²) in [7, 11) is 1.84. The normalized spacial score (nSPS) is 12.3. The number of aromatic nitrogens is 3. The van der Waals surface area contributed by atoms with Gasteiger partial charge in [-0.15, -0.1) is 0 Å². The maximum atomic E-state index is 13.1. The van der Waals surface area contributed by atoms with Crippen molar-refractivity contribution in [3.8, 4) is 0 Å². The lowest BCUT2D eigenvalue weighted by Crippen LogP contribution is -2.32.